The highest BCUT2D eigenvalue weighted by Crippen LogP contribution is 2.38. The van der Waals surface area contributed by atoms with Crippen LogP contribution in [-0.4, -0.2) is 22.6 Å². The molecular weight excluding hydrogens is 588 g/mol. The number of hydrogen-bond donors (Lipinski definition) is 2. The summed E-state index contributed by atoms with van der Waals surface area (Å²) in [5.74, 6) is 1.38. The van der Waals surface area contributed by atoms with E-state index in [0.717, 1.165) is 46.2 Å². The van der Waals surface area contributed by atoms with Crippen LogP contribution in [0.5, 0.6) is 11.5 Å². The van der Waals surface area contributed by atoms with Gasteiger partial charge in [0.15, 0.2) is 0 Å². The Bertz CT molecular complexity index is 1580. The fourth-order valence-electron chi connectivity index (χ4n) is 6.01. The van der Waals surface area contributed by atoms with Crippen LogP contribution >= 0.6 is 0 Å². The van der Waals surface area contributed by atoms with Crippen molar-refractivity contribution in [2.45, 2.75) is 105 Å². The summed E-state index contributed by atoms with van der Waals surface area (Å²) in [5.41, 5.74) is 7.50. The maximum absolute atomic E-state index is 11.5. The summed E-state index contributed by atoms with van der Waals surface area (Å²) in [6, 6.07) is 28.1. The lowest BCUT2D eigenvalue weighted by Gasteiger charge is -2.24. The van der Waals surface area contributed by atoms with Gasteiger partial charge in [-0.3, -0.25) is 9.98 Å². The smallest absolute Gasteiger partial charge is 0.127 e. The Morgan fingerprint density at radius 3 is 1.17 bits per heavy atom. The topological polar surface area (TPSA) is 65.2 Å². The summed E-state index contributed by atoms with van der Waals surface area (Å²) >= 11 is 0. The normalized spacial score (nSPS) is 14.0. The quantitative estimate of drug-likeness (QED) is 0.160. The molecule has 0 saturated heterocycles. The van der Waals surface area contributed by atoms with Crippen LogP contribution in [0.4, 0.5) is 0 Å². The molecule has 0 aliphatic carbocycles. The molecule has 0 amide bonds. The molecular formula is C44H56N2O2. The van der Waals surface area contributed by atoms with Crippen molar-refractivity contribution < 1.29 is 10.2 Å². The first-order chi connectivity index (χ1) is 22.5. The van der Waals surface area contributed by atoms with Gasteiger partial charge < -0.3 is 10.2 Å². The van der Waals surface area contributed by atoms with E-state index in [-0.39, 0.29) is 34.4 Å². The molecule has 4 aromatic carbocycles. The molecule has 0 aliphatic rings. The number of aliphatic imine (C=N–C) groups is 2. The third-order valence-corrected chi connectivity index (χ3v) is 8.75. The number of nitrogens with zero attached hydrogens (tertiary/aromatic N) is 2. The van der Waals surface area contributed by atoms with E-state index in [1.807, 2.05) is 48.8 Å². The summed E-state index contributed by atoms with van der Waals surface area (Å²) in [6.07, 6.45) is 5.23. The minimum atomic E-state index is -0.390. The van der Waals surface area contributed by atoms with Crippen molar-refractivity contribution in [1.29, 1.82) is 0 Å². The lowest BCUT2D eigenvalue weighted by atomic mass is 9.83. The Morgan fingerprint density at radius 2 is 0.875 bits per heavy atom. The SMILES string of the molecule is CC(C)Cc1cc(C(C)(C)C)cc(/C=N/[C@H](c2ccccc2)[C@H](/N=C/c2cc(C(C)(C)C)cc(CC(C)C)c2O)c2ccccc2)c1O. The van der Waals surface area contributed by atoms with Crippen molar-refractivity contribution >= 4 is 12.4 Å². The molecule has 2 atom stereocenters. The largest absolute Gasteiger partial charge is 0.507 e. The highest BCUT2D eigenvalue weighted by molar-refractivity contribution is 5.86. The van der Waals surface area contributed by atoms with Gasteiger partial charge in [0.2, 0.25) is 0 Å². The number of aromatic hydroxyl groups is 2. The monoisotopic (exact) mass is 644 g/mol. The molecule has 0 saturated carbocycles. The Hall–Kier alpha value is -4.18. The van der Waals surface area contributed by atoms with E-state index in [9.17, 15) is 10.2 Å². The van der Waals surface area contributed by atoms with Crippen LogP contribution in [0.25, 0.3) is 0 Å². The van der Waals surface area contributed by atoms with Gasteiger partial charge in [-0.1, -0.05) is 142 Å². The van der Waals surface area contributed by atoms with Gasteiger partial charge in [-0.05, 0) is 81.0 Å². The van der Waals surface area contributed by atoms with Gasteiger partial charge in [-0.2, -0.15) is 0 Å². The first kappa shape index (κ1) is 36.7. The zero-order valence-electron chi connectivity index (χ0n) is 30.8. The summed E-state index contributed by atoms with van der Waals surface area (Å²) in [4.78, 5) is 10.5. The Balaban J connectivity index is 1.90. The van der Waals surface area contributed by atoms with Crippen molar-refractivity contribution in [1.82, 2.24) is 0 Å². The summed E-state index contributed by atoms with van der Waals surface area (Å²) in [6.45, 7) is 21.9. The minimum Gasteiger partial charge on any atom is -0.507 e. The summed E-state index contributed by atoms with van der Waals surface area (Å²) in [7, 11) is 0. The van der Waals surface area contributed by atoms with Gasteiger partial charge in [-0.15, -0.1) is 0 Å². The molecule has 4 rings (SSSR count). The van der Waals surface area contributed by atoms with E-state index >= 15 is 0 Å². The first-order valence-electron chi connectivity index (χ1n) is 17.4. The van der Waals surface area contributed by atoms with Gasteiger partial charge in [0.05, 0.1) is 0 Å². The molecule has 254 valence electrons. The van der Waals surface area contributed by atoms with Crippen molar-refractivity contribution in [2.75, 3.05) is 0 Å². The number of phenolic OH excluding ortho intramolecular Hbond substituents is 2. The van der Waals surface area contributed by atoms with Gasteiger partial charge >= 0.3 is 0 Å². The van der Waals surface area contributed by atoms with E-state index in [2.05, 4.69) is 118 Å². The van der Waals surface area contributed by atoms with Crippen LogP contribution in [0.1, 0.15) is 126 Å². The molecule has 0 heterocycles. The van der Waals surface area contributed by atoms with Crippen molar-refractivity contribution in [2.24, 2.45) is 21.8 Å². The Kier molecular flexibility index (Phi) is 11.7. The van der Waals surface area contributed by atoms with Crippen LogP contribution in [0.2, 0.25) is 0 Å². The highest BCUT2D eigenvalue weighted by atomic mass is 16.3. The molecule has 0 aliphatic heterocycles. The molecule has 4 nitrogen and oxygen atoms in total. The molecule has 4 aromatic rings. The molecule has 0 bridgehead atoms. The van der Waals surface area contributed by atoms with E-state index < -0.39 is 0 Å². The molecule has 0 spiro atoms. The number of hydrogen-bond acceptors (Lipinski definition) is 4. The molecule has 48 heavy (non-hydrogen) atoms. The fourth-order valence-corrected chi connectivity index (χ4v) is 6.01. The Morgan fingerprint density at radius 1 is 0.542 bits per heavy atom. The zero-order valence-corrected chi connectivity index (χ0v) is 30.8. The van der Waals surface area contributed by atoms with Gasteiger partial charge in [0, 0.05) is 23.6 Å². The van der Waals surface area contributed by atoms with Crippen LogP contribution < -0.4 is 0 Å². The Labute approximate surface area is 289 Å². The van der Waals surface area contributed by atoms with Crippen molar-refractivity contribution in [3.05, 3.63) is 129 Å². The molecule has 2 N–H and O–H groups in total. The molecule has 4 heteroatoms. The van der Waals surface area contributed by atoms with Gasteiger partial charge in [0.1, 0.15) is 23.6 Å². The van der Waals surface area contributed by atoms with Crippen LogP contribution in [0, 0.1) is 11.8 Å². The third-order valence-electron chi connectivity index (χ3n) is 8.75. The zero-order chi connectivity index (χ0) is 35.2. The van der Waals surface area contributed by atoms with Gasteiger partial charge in [-0.25, -0.2) is 0 Å². The lowest BCUT2D eigenvalue weighted by molar-refractivity contribution is 0.459. The fraction of sp³-hybridized carbons (Fsp3) is 0.409. The predicted molar refractivity (Wildman–Crippen MR) is 204 cm³/mol. The molecule has 0 unspecified atom stereocenters. The number of phenols is 2. The van der Waals surface area contributed by atoms with E-state index in [1.165, 1.54) is 0 Å². The van der Waals surface area contributed by atoms with Crippen LogP contribution in [-0.2, 0) is 23.7 Å². The summed E-state index contributed by atoms with van der Waals surface area (Å²) in [5, 5.41) is 23.0. The second kappa shape index (κ2) is 15.4. The van der Waals surface area contributed by atoms with Crippen LogP contribution in [0.3, 0.4) is 0 Å². The molecule has 0 radical (unpaired) electrons. The maximum atomic E-state index is 11.5. The maximum Gasteiger partial charge on any atom is 0.127 e. The van der Waals surface area contributed by atoms with E-state index in [1.54, 1.807) is 0 Å². The van der Waals surface area contributed by atoms with E-state index in [4.69, 9.17) is 9.98 Å². The average molecular weight is 645 g/mol. The van der Waals surface area contributed by atoms with Crippen molar-refractivity contribution in [3.8, 4) is 11.5 Å². The summed E-state index contributed by atoms with van der Waals surface area (Å²) < 4.78 is 0. The highest BCUT2D eigenvalue weighted by Gasteiger charge is 2.25. The lowest BCUT2D eigenvalue weighted by Crippen LogP contribution is -2.14. The average Bonchev–Trinajstić information content (AvgIpc) is 3.01. The second-order valence-corrected chi connectivity index (χ2v) is 16.1. The number of rotatable bonds is 11. The molecule has 0 fully saturated rings. The first-order valence-corrected chi connectivity index (χ1v) is 17.4. The molecule has 0 aromatic heterocycles. The predicted octanol–water partition coefficient (Wildman–Crippen LogP) is 11.1. The van der Waals surface area contributed by atoms with Gasteiger partial charge in [0.25, 0.3) is 0 Å². The number of benzene rings is 4. The van der Waals surface area contributed by atoms with Crippen molar-refractivity contribution in [3.63, 3.8) is 0 Å². The minimum absolute atomic E-state index is 0.0876. The van der Waals surface area contributed by atoms with E-state index in [0.29, 0.717) is 23.0 Å². The second-order valence-electron chi connectivity index (χ2n) is 16.1. The standard InChI is InChI=1S/C44H56N2O2/c1-29(2)21-33-23-37(43(5,6)7)25-35(41(33)47)27-45-39(31-17-13-11-14-18-31)40(32-19-15-12-16-20-32)46-28-36-26-38(44(8,9)10)24-34(42(36)48)22-30(3)4/h11-20,23-30,39-40,47-48H,21-22H2,1-10H3/b45-27+,46-28+/t39-,40-/m1/s1. The van der Waals surface area contributed by atoms with Crippen LogP contribution in [0.15, 0.2) is 94.9 Å². The third kappa shape index (κ3) is 9.46.